The fourth-order valence-electron chi connectivity index (χ4n) is 3.80. The van der Waals surface area contributed by atoms with Gasteiger partial charge in [-0.2, -0.15) is 0 Å². The maximum Gasteiger partial charge on any atom is 0.129 e. The summed E-state index contributed by atoms with van der Waals surface area (Å²) in [6, 6.07) is 17.8. The number of aromatic nitrogens is 3. The molecule has 0 bridgehead atoms. The normalized spacial score (nSPS) is 14.1. The number of benzene rings is 2. The average molecular weight is 403 g/mol. The number of hydrogen-bond donors (Lipinski definition) is 0. The van der Waals surface area contributed by atoms with Crippen LogP contribution in [0, 0.1) is 0 Å². The van der Waals surface area contributed by atoms with Crippen molar-refractivity contribution < 1.29 is 4.74 Å². The van der Waals surface area contributed by atoms with Crippen LogP contribution in [-0.4, -0.2) is 35.2 Å². The van der Waals surface area contributed by atoms with Crippen molar-refractivity contribution in [2.75, 3.05) is 25.1 Å². The van der Waals surface area contributed by atoms with E-state index in [1.54, 1.807) is 19.5 Å². The molecule has 0 aliphatic carbocycles. The number of ether oxygens (including phenoxy) is 1. The number of pyridine rings is 1. The smallest absolute Gasteiger partial charge is 0.129 e. The third kappa shape index (κ3) is 3.28. The Labute approximate surface area is 174 Å². The van der Waals surface area contributed by atoms with Crippen molar-refractivity contribution in [1.29, 1.82) is 0 Å². The molecule has 1 aliphatic rings. The minimum atomic E-state index is 0.298. The number of nitrogens with zero attached hydrogens (tertiary/aromatic N) is 4. The van der Waals surface area contributed by atoms with Gasteiger partial charge in [0.15, 0.2) is 0 Å². The standard InChI is InChI=1S/C23H19ClN4O/c1-29-20-5-3-2-4-18(20)23-22(25-10-11-26-23)16-13-28(14-16)21-9-6-15-12-17(24)7-8-19(15)27-21/h2-12,16H,13-14H2,1H3. The van der Waals surface area contributed by atoms with Gasteiger partial charge in [0.2, 0.25) is 0 Å². The van der Waals surface area contributed by atoms with E-state index in [1.165, 1.54) is 0 Å². The Hall–Kier alpha value is -3.18. The molecule has 2 aromatic heterocycles. The second-order valence-corrected chi connectivity index (χ2v) is 7.54. The molecule has 0 unspecified atom stereocenters. The molecular formula is C23H19ClN4O. The minimum absolute atomic E-state index is 0.298. The molecule has 5 nitrogen and oxygen atoms in total. The van der Waals surface area contributed by atoms with Crippen LogP contribution in [0.5, 0.6) is 5.75 Å². The summed E-state index contributed by atoms with van der Waals surface area (Å²) in [5, 5.41) is 1.77. The van der Waals surface area contributed by atoms with Crippen molar-refractivity contribution in [3.63, 3.8) is 0 Å². The SMILES string of the molecule is COc1ccccc1-c1nccnc1C1CN(c2ccc3cc(Cl)ccc3n2)C1. The van der Waals surface area contributed by atoms with E-state index in [2.05, 4.69) is 20.9 Å². The molecule has 0 spiro atoms. The maximum absolute atomic E-state index is 6.07. The monoisotopic (exact) mass is 402 g/mol. The van der Waals surface area contributed by atoms with Gasteiger partial charge < -0.3 is 9.64 Å². The van der Waals surface area contributed by atoms with Crippen molar-refractivity contribution >= 4 is 28.3 Å². The van der Waals surface area contributed by atoms with Gasteiger partial charge in [-0.15, -0.1) is 0 Å². The number of rotatable bonds is 4. The van der Waals surface area contributed by atoms with Crippen molar-refractivity contribution in [1.82, 2.24) is 15.0 Å². The van der Waals surface area contributed by atoms with E-state index in [-0.39, 0.29) is 0 Å². The van der Waals surface area contributed by atoms with E-state index in [4.69, 9.17) is 21.3 Å². The largest absolute Gasteiger partial charge is 0.496 e. The zero-order valence-corrected chi connectivity index (χ0v) is 16.7. The van der Waals surface area contributed by atoms with E-state index in [9.17, 15) is 0 Å². The van der Waals surface area contributed by atoms with E-state index < -0.39 is 0 Å². The first kappa shape index (κ1) is 17.9. The van der Waals surface area contributed by atoms with Crippen LogP contribution in [0.25, 0.3) is 22.2 Å². The molecule has 0 amide bonds. The topological polar surface area (TPSA) is 51.1 Å². The van der Waals surface area contributed by atoms with Gasteiger partial charge in [0, 0.05) is 47.4 Å². The van der Waals surface area contributed by atoms with Gasteiger partial charge in [-0.25, -0.2) is 4.98 Å². The molecule has 6 heteroatoms. The number of methoxy groups -OCH3 is 1. The summed E-state index contributed by atoms with van der Waals surface area (Å²) in [4.78, 5) is 16.3. The highest BCUT2D eigenvalue weighted by molar-refractivity contribution is 6.31. The molecule has 3 heterocycles. The fourth-order valence-corrected chi connectivity index (χ4v) is 3.98. The first-order valence-corrected chi connectivity index (χ1v) is 9.86. The van der Waals surface area contributed by atoms with Crippen LogP contribution >= 0.6 is 11.6 Å². The maximum atomic E-state index is 6.07. The van der Waals surface area contributed by atoms with Crippen molar-refractivity contribution in [2.45, 2.75) is 5.92 Å². The Morgan fingerprint density at radius 2 is 1.83 bits per heavy atom. The summed E-state index contributed by atoms with van der Waals surface area (Å²) in [5.41, 5.74) is 3.80. The van der Waals surface area contributed by atoms with Gasteiger partial charge in [0.05, 0.1) is 24.0 Å². The van der Waals surface area contributed by atoms with Crippen LogP contribution in [0.4, 0.5) is 5.82 Å². The third-order valence-corrected chi connectivity index (χ3v) is 5.55. The van der Waals surface area contributed by atoms with Crippen LogP contribution in [0.15, 0.2) is 67.0 Å². The lowest BCUT2D eigenvalue weighted by atomic mass is 9.92. The van der Waals surface area contributed by atoms with Crippen LogP contribution in [0.3, 0.4) is 0 Å². The Morgan fingerprint density at radius 1 is 1.00 bits per heavy atom. The van der Waals surface area contributed by atoms with Crippen LogP contribution in [0.1, 0.15) is 11.6 Å². The first-order valence-electron chi connectivity index (χ1n) is 9.48. The third-order valence-electron chi connectivity index (χ3n) is 5.32. The predicted molar refractivity (Wildman–Crippen MR) is 116 cm³/mol. The van der Waals surface area contributed by atoms with Gasteiger partial charge in [0.25, 0.3) is 0 Å². The second kappa shape index (κ2) is 7.33. The molecule has 0 N–H and O–H groups in total. The number of para-hydroxylation sites is 1. The van der Waals surface area contributed by atoms with Gasteiger partial charge in [-0.05, 0) is 42.5 Å². The van der Waals surface area contributed by atoms with Crippen LogP contribution < -0.4 is 9.64 Å². The van der Waals surface area contributed by atoms with Gasteiger partial charge in [-0.1, -0.05) is 23.7 Å². The Kier molecular flexibility index (Phi) is 4.52. The second-order valence-electron chi connectivity index (χ2n) is 7.10. The molecule has 0 saturated carbocycles. The lowest BCUT2D eigenvalue weighted by molar-refractivity contribution is 0.416. The molecule has 1 aliphatic heterocycles. The minimum Gasteiger partial charge on any atom is -0.496 e. The molecule has 5 rings (SSSR count). The molecule has 0 atom stereocenters. The average Bonchev–Trinajstić information content (AvgIpc) is 2.73. The zero-order chi connectivity index (χ0) is 19.8. The Bertz CT molecular complexity index is 1190. The van der Waals surface area contributed by atoms with Gasteiger partial charge in [-0.3, -0.25) is 9.97 Å². The van der Waals surface area contributed by atoms with Crippen molar-refractivity contribution in [2.24, 2.45) is 0 Å². The Morgan fingerprint density at radius 3 is 2.69 bits per heavy atom. The summed E-state index contributed by atoms with van der Waals surface area (Å²) >= 11 is 6.07. The number of fused-ring (bicyclic) bond motifs is 1. The molecule has 4 aromatic rings. The zero-order valence-electron chi connectivity index (χ0n) is 15.9. The van der Waals surface area contributed by atoms with Crippen LogP contribution in [-0.2, 0) is 0 Å². The number of halogens is 1. The highest BCUT2D eigenvalue weighted by Gasteiger charge is 2.33. The number of hydrogen-bond acceptors (Lipinski definition) is 5. The highest BCUT2D eigenvalue weighted by Crippen LogP contribution is 2.37. The Balaban J connectivity index is 1.41. The van der Waals surface area contributed by atoms with Crippen molar-refractivity contribution in [3.8, 4) is 17.0 Å². The van der Waals surface area contributed by atoms with E-state index in [0.717, 1.165) is 57.5 Å². The summed E-state index contributed by atoms with van der Waals surface area (Å²) in [5.74, 6) is 2.07. The fraction of sp³-hybridized carbons (Fsp3) is 0.174. The predicted octanol–water partition coefficient (Wildman–Crippen LogP) is 4.96. The molecule has 1 fully saturated rings. The summed E-state index contributed by atoms with van der Waals surface area (Å²) < 4.78 is 5.53. The molecule has 29 heavy (non-hydrogen) atoms. The summed E-state index contributed by atoms with van der Waals surface area (Å²) in [7, 11) is 1.68. The highest BCUT2D eigenvalue weighted by atomic mass is 35.5. The van der Waals surface area contributed by atoms with Crippen LogP contribution in [0.2, 0.25) is 5.02 Å². The lowest BCUT2D eigenvalue weighted by Gasteiger charge is -2.40. The summed E-state index contributed by atoms with van der Waals surface area (Å²) in [6.07, 6.45) is 3.49. The van der Waals surface area contributed by atoms with E-state index in [1.807, 2.05) is 48.5 Å². The van der Waals surface area contributed by atoms with Gasteiger partial charge >= 0.3 is 0 Å². The van der Waals surface area contributed by atoms with Crippen molar-refractivity contribution in [3.05, 3.63) is 77.7 Å². The molecular weight excluding hydrogens is 384 g/mol. The summed E-state index contributed by atoms with van der Waals surface area (Å²) in [6.45, 7) is 1.71. The van der Waals surface area contributed by atoms with E-state index >= 15 is 0 Å². The molecule has 144 valence electrons. The molecule has 1 saturated heterocycles. The molecule has 2 aromatic carbocycles. The quantitative estimate of drug-likeness (QED) is 0.483. The number of anilines is 1. The van der Waals surface area contributed by atoms with E-state index in [0.29, 0.717) is 5.92 Å². The lowest BCUT2D eigenvalue weighted by Crippen LogP contribution is -2.46. The van der Waals surface area contributed by atoms with Gasteiger partial charge in [0.1, 0.15) is 11.6 Å². The molecule has 0 radical (unpaired) electrons. The first-order chi connectivity index (χ1) is 14.2.